The Bertz CT molecular complexity index is 169. The molecule has 1 saturated heterocycles. The fourth-order valence-corrected chi connectivity index (χ4v) is 1.46. The zero-order valence-corrected chi connectivity index (χ0v) is 7.05. The average molecular weight is 157 g/mol. The van der Waals surface area contributed by atoms with Gasteiger partial charge in [0.2, 0.25) is 0 Å². The van der Waals surface area contributed by atoms with Crippen LogP contribution in [0.25, 0.3) is 0 Å². The lowest BCUT2D eigenvalue weighted by Gasteiger charge is -2.36. The number of hydrogen-bond donors (Lipinski definition) is 2. The van der Waals surface area contributed by atoms with Crippen LogP contribution >= 0.6 is 0 Å². The van der Waals surface area contributed by atoms with Gasteiger partial charge in [0.1, 0.15) is 0 Å². The van der Waals surface area contributed by atoms with Gasteiger partial charge in [-0.05, 0) is 32.4 Å². The second-order valence-electron chi connectivity index (χ2n) is 3.58. The van der Waals surface area contributed by atoms with Crippen molar-refractivity contribution in [2.75, 3.05) is 13.1 Å². The van der Waals surface area contributed by atoms with Gasteiger partial charge < -0.3 is 10.4 Å². The maximum Gasteiger partial charge on any atom is 0.309 e. The molecule has 3 nitrogen and oxygen atoms in total. The Labute approximate surface area is 66.8 Å². The normalized spacial score (nSPS) is 38.5. The third-order valence-corrected chi connectivity index (χ3v) is 2.85. The van der Waals surface area contributed by atoms with Gasteiger partial charge in [0.15, 0.2) is 0 Å². The molecule has 0 aromatic carbocycles. The first-order valence-electron chi connectivity index (χ1n) is 4.01. The van der Waals surface area contributed by atoms with Crippen LogP contribution in [0.4, 0.5) is 0 Å². The fraction of sp³-hybridized carbons (Fsp3) is 0.875. The number of carbonyl (C=O) groups is 1. The standard InChI is InChI=1S/C8H15NO2/c1-6-5-9-4-3-8(6,2)7(10)11/h6,9H,3-5H2,1-2H3,(H,10,11). The Kier molecular flexibility index (Phi) is 2.18. The highest BCUT2D eigenvalue weighted by Gasteiger charge is 2.40. The van der Waals surface area contributed by atoms with Crippen molar-refractivity contribution in [2.45, 2.75) is 20.3 Å². The summed E-state index contributed by atoms with van der Waals surface area (Å²) in [6, 6.07) is 0. The van der Waals surface area contributed by atoms with Crippen LogP contribution in [0.15, 0.2) is 0 Å². The molecule has 0 saturated carbocycles. The monoisotopic (exact) mass is 157 g/mol. The molecule has 1 rings (SSSR count). The molecule has 64 valence electrons. The molecule has 1 fully saturated rings. The number of carboxylic acid groups (broad SMARTS) is 1. The van der Waals surface area contributed by atoms with Crippen molar-refractivity contribution in [1.29, 1.82) is 0 Å². The van der Waals surface area contributed by atoms with Crippen LogP contribution in [0.1, 0.15) is 20.3 Å². The first-order chi connectivity index (χ1) is 5.07. The molecule has 0 amide bonds. The first kappa shape index (κ1) is 8.53. The molecule has 2 N–H and O–H groups in total. The van der Waals surface area contributed by atoms with Gasteiger partial charge in [-0.25, -0.2) is 0 Å². The SMILES string of the molecule is CC1CNCCC1(C)C(=O)O. The van der Waals surface area contributed by atoms with E-state index in [1.807, 2.05) is 13.8 Å². The molecular weight excluding hydrogens is 142 g/mol. The lowest BCUT2D eigenvalue weighted by molar-refractivity contribution is -0.152. The Balaban J connectivity index is 2.72. The number of nitrogens with one attached hydrogen (secondary N) is 1. The quantitative estimate of drug-likeness (QED) is 0.589. The van der Waals surface area contributed by atoms with Gasteiger partial charge >= 0.3 is 5.97 Å². The van der Waals surface area contributed by atoms with Gasteiger partial charge in [-0.1, -0.05) is 6.92 Å². The minimum absolute atomic E-state index is 0.230. The van der Waals surface area contributed by atoms with Crippen LogP contribution in [0, 0.1) is 11.3 Å². The fourth-order valence-electron chi connectivity index (χ4n) is 1.46. The van der Waals surface area contributed by atoms with E-state index >= 15 is 0 Å². The predicted molar refractivity (Wildman–Crippen MR) is 42.4 cm³/mol. The van der Waals surface area contributed by atoms with E-state index in [1.54, 1.807) is 0 Å². The highest BCUT2D eigenvalue weighted by Crippen LogP contribution is 2.33. The average Bonchev–Trinajstić information content (AvgIpc) is 1.95. The molecule has 0 aromatic rings. The largest absolute Gasteiger partial charge is 0.481 e. The molecule has 2 unspecified atom stereocenters. The lowest BCUT2D eigenvalue weighted by atomic mass is 9.73. The summed E-state index contributed by atoms with van der Waals surface area (Å²) in [5, 5.41) is 12.1. The van der Waals surface area contributed by atoms with Gasteiger partial charge in [-0.2, -0.15) is 0 Å². The van der Waals surface area contributed by atoms with Crippen LogP contribution in [-0.2, 0) is 4.79 Å². The molecule has 0 spiro atoms. The number of aliphatic carboxylic acids is 1. The second kappa shape index (κ2) is 2.81. The van der Waals surface area contributed by atoms with E-state index < -0.39 is 11.4 Å². The predicted octanol–water partition coefficient (Wildman–Crippen LogP) is 0.707. The van der Waals surface area contributed by atoms with Crippen molar-refractivity contribution >= 4 is 5.97 Å². The van der Waals surface area contributed by atoms with Gasteiger partial charge in [0.05, 0.1) is 5.41 Å². The maximum absolute atomic E-state index is 10.9. The lowest BCUT2D eigenvalue weighted by Crippen LogP contribution is -2.46. The van der Waals surface area contributed by atoms with E-state index in [0.717, 1.165) is 19.5 Å². The minimum atomic E-state index is -0.661. The Morgan fingerprint density at radius 1 is 1.73 bits per heavy atom. The van der Waals surface area contributed by atoms with E-state index in [0.29, 0.717) is 0 Å². The van der Waals surface area contributed by atoms with Crippen molar-refractivity contribution in [3.8, 4) is 0 Å². The molecule has 0 aromatic heterocycles. The van der Waals surface area contributed by atoms with Gasteiger partial charge in [-0.15, -0.1) is 0 Å². The summed E-state index contributed by atoms with van der Waals surface area (Å²) < 4.78 is 0. The Hall–Kier alpha value is -0.570. The van der Waals surface area contributed by atoms with E-state index in [9.17, 15) is 4.79 Å². The number of carboxylic acids is 1. The summed E-state index contributed by atoms with van der Waals surface area (Å²) in [6.45, 7) is 5.47. The third-order valence-electron chi connectivity index (χ3n) is 2.85. The molecule has 11 heavy (non-hydrogen) atoms. The summed E-state index contributed by atoms with van der Waals surface area (Å²) >= 11 is 0. The Morgan fingerprint density at radius 3 is 2.73 bits per heavy atom. The van der Waals surface area contributed by atoms with Crippen LogP contribution in [0.2, 0.25) is 0 Å². The van der Waals surface area contributed by atoms with Crippen molar-refractivity contribution in [2.24, 2.45) is 11.3 Å². The van der Waals surface area contributed by atoms with Gasteiger partial charge in [0, 0.05) is 0 Å². The highest BCUT2D eigenvalue weighted by molar-refractivity contribution is 5.74. The first-order valence-corrected chi connectivity index (χ1v) is 4.01. The zero-order valence-electron chi connectivity index (χ0n) is 7.05. The van der Waals surface area contributed by atoms with E-state index in [1.165, 1.54) is 0 Å². The third kappa shape index (κ3) is 1.38. The van der Waals surface area contributed by atoms with E-state index in [-0.39, 0.29) is 5.92 Å². The summed E-state index contributed by atoms with van der Waals surface area (Å²) in [5.41, 5.74) is -0.509. The minimum Gasteiger partial charge on any atom is -0.481 e. The molecule has 2 atom stereocenters. The summed E-state index contributed by atoms with van der Waals surface area (Å²) in [4.78, 5) is 10.9. The molecule has 0 radical (unpaired) electrons. The van der Waals surface area contributed by atoms with Crippen LogP contribution < -0.4 is 5.32 Å². The number of rotatable bonds is 1. The molecule has 0 aliphatic carbocycles. The van der Waals surface area contributed by atoms with E-state index in [2.05, 4.69) is 5.32 Å². The topological polar surface area (TPSA) is 49.3 Å². The van der Waals surface area contributed by atoms with Gasteiger partial charge in [0.25, 0.3) is 0 Å². The molecule has 1 aliphatic rings. The highest BCUT2D eigenvalue weighted by atomic mass is 16.4. The van der Waals surface area contributed by atoms with Gasteiger partial charge in [-0.3, -0.25) is 4.79 Å². The van der Waals surface area contributed by atoms with Crippen molar-refractivity contribution in [1.82, 2.24) is 5.32 Å². The molecule has 1 heterocycles. The number of hydrogen-bond acceptors (Lipinski definition) is 2. The molecule has 0 bridgehead atoms. The maximum atomic E-state index is 10.9. The molecule has 3 heteroatoms. The van der Waals surface area contributed by atoms with Crippen LogP contribution in [-0.4, -0.2) is 24.2 Å². The molecule has 1 aliphatic heterocycles. The van der Waals surface area contributed by atoms with Crippen LogP contribution in [0.5, 0.6) is 0 Å². The van der Waals surface area contributed by atoms with E-state index in [4.69, 9.17) is 5.11 Å². The second-order valence-corrected chi connectivity index (χ2v) is 3.58. The van der Waals surface area contributed by atoms with Crippen LogP contribution in [0.3, 0.4) is 0 Å². The summed E-state index contributed by atoms with van der Waals surface area (Å²) in [7, 11) is 0. The smallest absolute Gasteiger partial charge is 0.309 e. The van der Waals surface area contributed by atoms with Crippen molar-refractivity contribution in [3.05, 3.63) is 0 Å². The summed E-state index contributed by atoms with van der Waals surface area (Å²) in [6.07, 6.45) is 0.740. The van der Waals surface area contributed by atoms with Crippen molar-refractivity contribution in [3.63, 3.8) is 0 Å². The zero-order chi connectivity index (χ0) is 8.48. The number of piperidine rings is 1. The summed E-state index contributed by atoms with van der Waals surface area (Å²) in [5.74, 6) is -0.430. The van der Waals surface area contributed by atoms with Crippen molar-refractivity contribution < 1.29 is 9.90 Å². The molecular formula is C8H15NO2. The Morgan fingerprint density at radius 2 is 2.36 bits per heavy atom.